The van der Waals surface area contributed by atoms with Gasteiger partial charge in [-0.15, -0.1) is 0 Å². The summed E-state index contributed by atoms with van der Waals surface area (Å²) in [5.41, 5.74) is 6.23. The number of amidine groups is 1. The number of halogens is 2. The summed E-state index contributed by atoms with van der Waals surface area (Å²) in [7, 11) is 3.83. The Balaban J connectivity index is 2.14. The molecule has 0 aliphatic heterocycles. The summed E-state index contributed by atoms with van der Waals surface area (Å²) in [5.74, 6) is -2.70. The number of nitrogens with one attached hydrogen (secondary N) is 2. The molecule has 0 heterocycles. The first kappa shape index (κ1) is 25.2. The number of nitrogens with zero attached hydrogens (tertiary/aromatic N) is 1. The molecule has 32 heavy (non-hydrogen) atoms. The normalized spacial score (nSPS) is 11.9. The number of carbonyl (C=O) groups is 1. The summed E-state index contributed by atoms with van der Waals surface area (Å²) < 4.78 is 40.5. The van der Waals surface area contributed by atoms with E-state index >= 15 is 4.39 Å². The minimum absolute atomic E-state index is 0.0632. The average molecular weight is 449 g/mol. The third kappa shape index (κ3) is 7.00. The van der Waals surface area contributed by atoms with Gasteiger partial charge in [0, 0.05) is 25.3 Å². The molecule has 0 bridgehead atoms. The van der Waals surface area contributed by atoms with Crippen LogP contribution in [0.5, 0.6) is 5.75 Å². The number of nitrogen functional groups attached to an aromatic ring is 1. The number of nitrogens with two attached hydrogens (primary N) is 1. The van der Waals surface area contributed by atoms with E-state index in [0.29, 0.717) is 12.0 Å². The van der Waals surface area contributed by atoms with Gasteiger partial charge < -0.3 is 25.4 Å². The summed E-state index contributed by atoms with van der Waals surface area (Å²) in [6.45, 7) is 2.84. The molecule has 0 aliphatic rings. The second kappa shape index (κ2) is 12.1. The van der Waals surface area contributed by atoms with Crippen LogP contribution in [0.3, 0.4) is 0 Å². The zero-order chi connectivity index (χ0) is 23.7. The van der Waals surface area contributed by atoms with Gasteiger partial charge in [0.2, 0.25) is 0 Å². The molecule has 1 amide bonds. The Morgan fingerprint density at radius 3 is 2.47 bits per heavy atom. The first-order valence-corrected chi connectivity index (χ1v) is 10.3. The second-order valence-corrected chi connectivity index (χ2v) is 7.44. The van der Waals surface area contributed by atoms with Crippen molar-refractivity contribution in [2.75, 3.05) is 33.9 Å². The maximum atomic E-state index is 15.1. The largest absolute Gasteiger partial charge is 0.490 e. The first-order valence-electron chi connectivity index (χ1n) is 10.3. The highest BCUT2D eigenvalue weighted by Crippen LogP contribution is 2.30. The third-order valence-electron chi connectivity index (χ3n) is 4.66. The Labute approximate surface area is 187 Å². The maximum Gasteiger partial charge on any atom is 0.254 e. The third-order valence-corrected chi connectivity index (χ3v) is 4.66. The predicted molar refractivity (Wildman–Crippen MR) is 119 cm³/mol. The number of hydrogen-bond donors (Lipinski definition) is 3. The molecule has 7 nitrogen and oxygen atoms in total. The minimum atomic E-state index is -1.47. The van der Waals surface area contributed by atoms with E-state index in [1.165, 1.54) is 6.07 Å². The van der Waals surface area contributed by atoms with E-state index in [1.807, 2.05) is 19.0 Å². The highest BCUT2D eigenvalue weighted by atomic mass is 19.1. The topological polar surface area (TPSA) is 101 Å². The van der Waals surface area contributed by atoms with Gasteiger partial charge in [0.25, 0.3) is 5.91 Å². The van der Waals surface area contributed by atoms with Gasteiger partial charge in [0.15, 0.2) is 17.7 Å². The van der Waals surface area contributed by atoms with Crippen LogP contribution < -0.4 is 15.8 Å². The van der Waals surface area contributed by atoms with Crippen LogP contribution in [0.25, 0.3) is 0 Å². The second-order valence-electron chi connectivity index (χ2n) is 7.44. The fourth-order valence-electron chi connectivity index (χ4n) is 3.00. The molecule has 1 atom stereocenters. The van der Waals surface area contributed by atoms with Crippen molar-refractivity contribution in [1.82, 2.24) is 10.2 Å². The Morgan fingerprint density at radius 1 is 1.19 bits per heavy atom. The molecule has 0 aliphatic carbocycles. The van der Waals surface area contributed by atoms with E-state index in [9.17, 15) is 9.18 Å². The summed E-state index contributed by atoms with van der Waals surface area (Å²) in [6, 6.07) is 8.99. The minimum Gasteiger partial charge on any atom is -0.490 e. The number of amides is 1. The molecule has 2 aromatic rings. The van der Waals surface area contributed by atoms with Crippen LogP contribution in [0.1, 0.15) is 36.1 Å². The van der Waals surface area contributed by atoms with E-state index in [0.717, 1.165) is 18.2 Å². The van der Waals surface area contributed by atoms with Crippen molar-refractivity contribution in [3.8, 4) is 5.75 Å². The van der Waals surface area contributed by atoms with Crippen LogP contribution in [0, 0.1) is 17.0 Å². The lowest BCUT2D eigenvalue weighted by atomic mass is 10.1. The number of rotatable bonds is 12. The molecular formula is C23H30F2N4O3. The molecule has 0 fully saturated rings. The molecular weight excluding hydrogens is 418 g/mol. The van der Waals surface area contributed by atoms with Gasteiger partial charge in [-0.2, -0.15) is 0 Å². The molecule has 2 rings (SSSR count). The Morgan fingerprint density at radius 2 is 1.88 bits per heavy atom. The van der Waals surface area contributed by atoms with Gasteiger partial charge in [-0.3, -0.25) is 10.2 Å². The highest BCUT2D eigenvalue weighted by molar-refractivity contribution is 5.94. The van der Waals surface area contributed by atoms with Crippen molar-refractivity contribution in [2.24, 2.45) is 5.73 Å². The van der Waals surface area contributed by atoms with Crippen LogP contribution in [0.2, 0.25) is 0 Å². The van der Waals surface area contributed by atoms with Crippen LogP contribution in [0.15, 0.2) is 36.4 Å². The monoisotopic (exact) mass is 448 g/mol. The average Bonchev–Trinajstić information content (AvgIpc) is 2.75. The van der Waals surface area contributed by atoms with Crippen molar-refractivity contribution < 1.29 is 23.0 Å². The number of carbonyl (C=O) groups excluding carboxylic acids is 1. The molecule has 9 heteroatoms. The van der Waals surface area contributed by atoms with Crippen molar-refractivity contribution in [3.05, 3.63) is 64.7 Å². The molecule has 0 aromatic heterocycles. The molecule has 1 unspecified atom stereocenters. The highest BCUT2D eigenvalue weighted by Gasteiger charge is 2.29. The Kier molecular flexibility index (Phi) is 9.55. The van der Waals surface area contributed by atoms with Gasteiger partial charge in [-0.1, -0.05) is 24.3 Å². The standard InChI is InChI=1S/C23H30F2N4O3/c1-4-31-21(23(30)28-14-15-6-8-16(9-7-15)22(26)27)19-17(24)10-11-18(20(19)25)32-13-5-12-29(2)3/h6-11,21H,4-5,12-14H2,1-3H3,(H3,26,27)(H,28,30). The molecule has 0 radical (unpaired) electrons. The zero-order valence-corrected chi connectivity index (χ0v) is 18.6. The van der Waals surface area contributed by atoms with E-state index < -0.39 is 29.2 Å². The van der Waals surface area contributed by atoms with Gasteiger partial charge >= 0.3 is 0 Å². The molecule has 2 aromatic carbocycles. The summed E-state index contributed by atoms with van der Waals surface area (Å²) >= 11 is 0. The van der Waals surface area contributed by atoms with E-state index in [1.54, 1.807) is 31.2 Å². The van der Waals surface area contributed by atoms with Crippen molar-refractivity contribution >= 4 is 11.7 Å². The summed E-state index contributed by atoms with van der Waals surface area (Å²) in [6.07, 6.45) is -0.807. The van der Waals surface area contributed by atoms with Crippen LogP contribution in [-0.4, -0.2) is 50.5 Å². The summed E-state index contributed by atoms with van der Waals surface area (Å²) in [4.78, 5) is 14.7. The van der Waals surface area contributed by atoms with E-state index in [4.69, 9.17) is 20.6 Å². The zero-order valence-electron chi connectivity index (χ0n) is 18.6. The fraction of sp³-hybridized carbons (Fsp3) is 0.391. The molecule has 0 spiro atoms. The van der Waals surface area contributed by atoms with Gasteiger partial charge in [0.1, 0.15) is 11.7 Å². The van der Waals surface area contributed by atoms with E-state index in [-0.39, 0.29) is 31.3 Å². The maximum absolute atomic E-state index is 15.1. The lowest BCUT2D eigenvalue weighted by molar-refractivity contribution is -0.133. The lowest BCUT2D eigenvalue weighted by Gasteiger charge is -2.20. The molecule has 0 saturated carbocycles. The van der Waals surface area contributed by atoms with Crippen molar-refractivity contribution in [3.63, 3.8) is 0 Å². The van der Waals surface area contributed by atoms with Gasteiger partial charge in [-0.25, -0.2) is 8.78 Å². The van der Waals surface area contributed by atoms with Crippen molar-refractivity contribution in [1.29, 1.82) is 5.41 Å². The van der Waals surface area contributed by atoms with Gasteiger partial charge in [-0.05, 0) is 45.1 Å². The van der Waals surface area contributed by atoms with E-state index in [2.05, 4.69) is 5.32 Å². The number of benzene rings is 2. The quantitative estimate of drug-likeness (QED) is 0.263. The number of hydrogen-bond acceptors (Lipinski definition) is 5. The van der Waals surface area contributed by atoms with Crippen LogP contribution in [0.4, 0.5) is 8.78 Å². The fourth-order valence-corrected chi connectivity index (χ4v) is 3.00. The summed E-state index contributed by atoms with van der Waals surface area (Å²) in [5, 5.41) is 10.1. The Bertz CT molecular complexity index is 920. The lowest BCUT2D eigenvalue weighted by Crippen LogP contribution is -2.32. The van der Waals surface area contributed by atoms with Crippen LogP contribution >= 0.6 is 0 Å². The molecule has 174 valence electrons. The SMILES string of the molecule is CCOC(C(=O)NCc1ccc(C(=N)N)cc1)c1c(F)ccc(OCCCN(C)C)c1F. The Hall–Kier alpha value is -3.04. The predicted octanol–water partition coefficient (Wildman–Crippen LogP) is 2.97. The molecule has 0 saturated heterocycles. The molecule has 4 N–H and O–H groups in total. The first-order chi connectivity index (χ1) is 15.2. The smallest absolute Gasteiger partial charge is 0.254 e. The van der Waals surface area contributed by atoms with Gasteiger partial charge in [0.05, 0.1) is 12.2 Å². The van der Waals surface area contributed by atoms with Crippen LogP contribution in [-0.2, 0) is 16.1 Å². The number of ether oxygens (including phenoxy) is 2. The van der Waals surface area contributed by atoms with Crippen molar-refractivity contribution in [2.45, 2.75) is 26.0 Å².